The lowest BCUT2D eigenvalue weighted by Crippen LogP contribution is -2.54. The van der Waals surface area contributed by atoms with Crippen molar-refractivity contribution in [1.29, 1.82) is 0 Å². The number of piperazine rings is 1. The highest BCUT2D eigenvalue weighted by molar-refractivity contribution is 5.74. The van der Waals surface area contributed by atoms with E-state index in [0.29, 0.717) is 26.1 Å². The molecular weight excluding hydrogens is 337 g/mol. The van der Waals surface area contributed by atoms with Crippen molar-refractivity contribution >= 4 is 6.03 Å². The number of nitrogens with zero attached hydrogens (tertiary/aromatic N) is 3. The van der Waals surface area contributed by atoms with Crippen molar-refractivity contribution in [3.8, 4) is 0 Å². The fraction of sp³-hybridized carbons (Fsp3) is 0.938. The highest BCUT2D eigenvalue weighted by Gasteiger charge is 2.27. The maximum Gasteiger partial charge on any atom is 0.411 e. The van der Waals surface area contributed by atoms with Crippen LogP contribution in [-0.4, -0.2) is 99.0 Å². The Hall–Kier alpha value is -1.06. The number of piperidine rings is 1. The van der Waals surface area contributed by atoms with E-state index in [2.05, 4.69) is 26.9 Å². The van der Waals surface area contributed by atoms with Crippen LogP contribution in [0.1, 0.15) is 19.3 Å². The molecule has 0 atom stereocenters. The van der Waals surface area contributed by atoms with E-state index < -0.39 is 12.8 Å². The first-order chi connectivity index (χ1) is 11.8. The SMILES string of the molecule is CN1CCC(NC(=O)N2CCN(CCCOCC(F)(F)F)CC2)CC1. The summed E-state index contributed by atoms with van der Waals surface area (Å²) in [5.41, 5.74) is 0. The molecule has 9 heteroatoms. The van der Waals surface area contributed by atoms with E-state index in [9.17, 15) is 18.0 Å². The molecule has 0 aromatic carbocycles. The normalized spacial score (nSPS) is 21.5. The lowest BCUT2D eigenvalue weighted by molar-refractivity contribution is -0.174. The second-order valence-corrected chi connectivity index (χ2v) is 6.88. The molecule has 0 unspecified atom stereocenters. The maximum atomic E-state index is 12.3. The van der Waals surface area contributed by atoms with E-state index in [4.69, 9.17) is 0 Å². The Kier molecular flexibility index (Phi) is 7.77. The highest BCUT2D eigenvalue weighted by atomic mass is 19.4. The van der Waals surface area contributed by atoms with E-state index in [0.717, 1.165) is 39.0 Å². The molecule has 2 rings (SSSR count). The van der Waals surface area contributed by atoms with Crippen LogP contribution >= 0.6 is 0 Å². The molecule has 0 bridgehead atoms. The zero-order valence-electron chi connectivity index (χ0n) is 14.9. The fourth-order valence-corrected chi connectivity index (χ4v) is 3.17. The minimum Gasteiger partial charge on any atom is -0.372 e. The molecule has 25 heavy (non-hydrogen) atoms. The van der Waals surface area contributed by atoms with Gasteiger partial charge in [-0.3, -0.25) is 4.90 Å². The number of alkyl halides is 3. The molecule has 6 nitrogen and oxygen atoms in total. The first-order valence-corrected chi connectivity index (χ1v) is 8.94. The molecule has 0 radical (unpaired) electrons. The van der Waals surface area contributed by atoms with Gasteiger partial charge in [-0.2, -0.15) is 13.2 Å². The van der Waals surface area contributed by atoms with Crippen LogP contribution in [0.3, 0.4) is 0 Å². The quantitative estimate of drug-likeness (QED) is 0.722. The van der Waals surface area contributed by atoms with Gasteiger partial charge in [0.25, 0.3) is 0 Å². The topological polar surface area (TPSA) is 48.1 Å². The van der Waals surface area contributed by atoms with Gasteiger partial charge in [0.1, 0.15) is 6.61 Å². The van der Waals surface area contributed by atoms with Crippen LogP contribution in [-0.2, 0) is 4.74 Å². The lowest BCUT2D eigenvalue weighted by Gasteiger charge is -2.36. The number of carbonyl (C=O) groups is 1. The van der Waals surface area contributed by atoms with Crippen LogP contribution in [0.15, 0.2) is 0 Å². The van der Waals surface area contributed by atoms with Crippen molar-refractivity contribution in [2.24, 2.45) is 0 Å². The summed E-state index contributed by atoms with van der Waals surface area (Å²) in [4.78, 5) is 18.6. The first-order valence-electron chi connectivity index (χ1n) is 8.94. The Balaban J connectivity index is 1.55. The molecule has 146 valence electrons. The summed E-state index contributed by atoms with van der Waals surface area (Å²) in [5, 5.41) is 3.11. The fourth-order valence-electron chi connectivity index (χ4n) is 3.17. The second kappa shape index (κ2) is 9.59. The van der Waals surface area contributed by atoms with Gasteiger partial charge in [-0.1, -0.05) is 0 Å². The standard InChI is InChI=1S/C16H29F3N4O2/c1-21-6-3-14(4-7-21)20-15(24)23-10-8-22(9-11-23)5-2-12-25-13-16(17,18)19/h14H,2-13H2,1H3,(H,20,24). The number of urea groups is 1. The highest BCUT2D eigenvalue weighted by Crippen LogP contribution is 2.14. The van der Waals surface area contributed by atoms with Gasteiger partial charge in [0.2, 0.25) is 0 Å². The Labute approximate surface area is 147 Å². The number of amides is 2. The maximum absolute atomic E-state index is 12.3. The molecule has 0 saturated carbocycles. The Morgan fingerprint density at radius 3 is 2.36 bits per heavy atom. The van der Waals surface area contributed by atoms with Gasteiger partial charge >= 0.3 is 12.2 Å². The lowest BCUT2D eigenvalue weighted by atomic mass is 10.1. The Morgan fingerprint density at radius 2 is 1.76 bits per heavy atom. The summed E-state index contributed by atoms with van der Waals surface area (Å²) >= 11 is 0. The zero-order valence-corrected chi connectivity index (χ0v) is 14.9. The van der Waals surface area contributed by atoms with E-state index in [1.165, 1.54) is 0 Å². The summed E-state index contributed by atoms with van der Waals surface area (Å²) in [6, 6.07) is 0.259. The van der Waals surface area contributed by atoms with E-state index in [1.54, 1.807) is 0 Å². The summed E-state index contributed by atoms with van der Waals surface area (Å²) in [5.74, 6) is 0. The summed E-state index contributed by atoms with van der Waals surface area (Å²) < 4.78 is 40.5. The molecule has 1 N–H and O–H groups in total. The summed E-state index contributed by atoms with van der Waals surface area (Å²) in [7, 11) is 2.09. The first kappa shape index (κ1) is 20.3. The molecule has 2 fully saturated rings. The molecular formula is C16H29F3N4O2. The molecule has 0 aromatic heterocycles. The zero-order chi connectivity index (χ0) is 18.3. The number of halogens is 3. The van der Waals surface area contributed by atoms with Crippen LogP contribution in [0.4, 0.5) is 18.0 Å². The number of nitrogens with one attached hydrogen (secondary N) is 1. The van der Waals surface area contributed by atoms with Gasteiger partial charge in [-0.25, -0.2) is 4.79 Å². The van der Waals surface area contributed by atoms with Crippen molar-refractivity contribution in [2.75, 3.05) is 66.1 Å². The van der Waals surface area contributed by atoms with E-state index in [-0.39, 0.29) is 18.7 Å². The van der Waals surface area contributed by atoms with Gasteiger partial charge in [0.15, 0.2) is 0 Å². The average molecular weight is 366 g/mol. The second-order valence-electron chi connectivity index (χ2n) is 6.88. The van der Waals surface area contributed by atoms with Crippen molar-refractivity contribution in [3.63, 3.8) is 0 Å². The van der Waals surface area contributed by atoms with Gasteiger partial charge in [-0.15, -0.1) is 0 Å². The third-order valence-electron chi connectivity index (χ3n) is 4.73. The number of hydrogen-bond donors (Lipinski definition) is 1. The minimum atomic E-state index is -4.26. The van der Waals surface area contributed by atoms with Gasteiger partial charge in [0, 0.05) is 45.4 Å². The van der Waals surface area contributed by atoms with Crippen LogP contribution in [0.5, 0.6) is 0 Å². The largest absolute Gasteiger partial charge is 0.411 e. The predicted octanol–water partition coefficient (Wildman–Crippen LogP) is 1.38. The number of hydrogen-bond acceptors (Lipinski definition) is 4. The number of rotatable bonds is 6. The van der Waals surface area contributed by atoms with Gasteiger partial charge in [0.05, 0.1) is 0 Å². The molecule has 0 aliphatic carbocycles. The van der Waals surface area contributed by atoms with Crippen LogP contribution < -0.4 is 5.32 Å². The van der Waals surface area contributed by atoms with Crippen molar-refractivity contribution in [1.82, 2.24) is 20.0 Å². The smallest absolute Gasteiger partial charge is 0.372 e. The van der Waals surface area contributed by atoms with Crippen LogP contribution in [0.25, 0.3) is 0 Å². The molecule has 0 aromatic rings. The van der Waals surface area contributed by atoms with E-state index >= 15 is 0 Å². The van der Waals surface area contributed by atoms with Crippen molar-refractivity contribution in [3.05, 3.63) is 0 Å². The number of ether oxygens (including phenoxy) is 1. The summed E-state index contributed by atoms with van der Waals surface area (Å²) in [6.07, 6.45) is -1.72. The number of likely N-dealkylation sites (tertiary alicyclic amines) is 1. The number of carbonyl (C=O) groups excluding carboxylic acids is 1. The Morgan fingerprint density at radius 1 is 1.12 bits per heavy atom. The van der Waals surface area contributed by atoms with Crippen molar-refractivity contribution in [2.45, 2.75) is 31.5 Å². The van der Waals surface area contributed by atoms with Gasteiger partial charge in [-0.05, 0) is 39.4 Å². The average Bonchev–Trinajstić information content (AvgIpc) is 2.56. The minimum absolute atomic E-state index is 0.00251. The van der Waals surface area contributed by atoms with Crippen LogP contribution in [0.2, 0.25) is 0 Å². The third-order valence-corrected chi connectivity index (χ3v) is 4.73. The predicted molar refractivity (Wildman–Crippen MR) is 88.6 cm³/mol. The van der Waals surface area contributed by atoms with Crippen LogP contribution in [0, 0.1) is 0 Å². The molecule has 2 heterocycles. The molecule has 2 aliphatic rings. The molecule has 2 amide bonds. The summed E-state index contributed by atoms with van der Waals surface area (Å²) in [6.45, 7) is 4.45. The van der Waals surface area contributed by atoms with Gasteiger partial charge < -0.3 is 19.9 Å². The Bertz CT molecular complexity index is 407. The third kappa shape index (κ3) is 7.79. The monoisotopic (exact) mass is 366 g/mol. The molecule has 2 aliphatic heterocycles. The molecule has 2 saturated heterocycles. The molecule has 0 spiro atoms. The van der Waals surface area contributed by atoms with E-state index in [1.807, 2.05) is 4.90 Å². The van der Waals surface area contributed by atoms with Crippen molar-refractivity contribution < 1.29 is 22.7 Å².